The highest BCUT2D eigenvalue weighted by molar-refractivity contribution is 5.30. The summed E-state index contributed by atoms with van der Waals surface area (Å²) >= 11 is 0. The number of hydrogen-bond donors (Lipinski definition) is 3. The van der Waals surface area contributed by atoms with E-state index in [-0.39, 0.29) is 0 Å². The third kappa shape index (κ3) is 8.05. The summed E-state index contributed by atoms with van der Waals surface area (Å²) in [6.45, 7) is 1.98. The third-order valence-corrected chi connectivity index (χ3v) is 2.21. The normalized spacial score (nSPS) is 8.77. The van der Waals surface area contributed by atoms with Crippen molar-refractivity contribution in [3.05, 3.63) is 66.7 Å². The van der Waals surface area contributed by atoms with Gasteiger partial charge in [-0.05, 0) is 42.8 Å². The molecule has 0 unspecified atom stereocenters. The Balaban J connectivity index is 0.000000166. The zero-order valence-electron chi connectivity index (χ0n) is 12.3. The van der Waals surface area contributed by atoms with Crippen LogP contribution in [0, 0.1) is 6.92 Å². The Labute approximate surface area is 129 Å². The van der Waals surface area contributed by atoms with E-state index in [9.17, 15) is 0 Å². The molecule has 0 atom stereocenters. The van der Waals surface area contributed by atoms with Crippen molar-refractivity contribution in [1.82, 2.24) is 19.9 Å². The first-order valence-electron chi connectivity index (χ1n) is 6.45. The summed E-state index contributed by atoms with van der Waals surface area (Å²) in [5, 5.41) is 0. The van der Waals surface area contributed by atoms with Crippen molar-refractivity contribution in [2.75, 3.05) is 17.2 Å². The number of nitrogens with two attached hydrogens (primary N) is 3. The highest BCUT2D eigenvalue weighted by atomic mass is 15.0. The monoisotopic (exact) mass is 297 g/mol. The first kappa shape index (κ1) is 16.8. The van der Waals surface area contributed by atoms with Gasteiger partial charge in [-0.2, -0.15) is 0 Å². The standard InChI is InChI=1S/C6H8N2.C5H6N2.C4H5N3/c1-5-2-3-8-6(7)4-5;6-5-3-1-2-4-7-5;5-4-6-2-1-3-7-4/h2-4H,1H3,(H2,7,8);1-4H,(H2,6,7);1-3H,(H2,5,6,7). The molecule has 0 aliphatic carbocycles. The zero-order chi connectivity index (χ0) is 16.2. The maximum Gasteiger partial charge on any atom is 0.219 e. The van der Waals surface area contributed by atoms with Crippen LogP contribution >= 0.6 is 0 Å². The molecule has 0 aromatic carbocycles. The van der Waals surface area contributed by atoms with E-state index in [0.29, 0.717) is 17.6 Å². The predicted molar refractivity (Wildman–Crippen MR) is 88.5 cm³/mol. The fraction of sp³-hybridized carbons (Fsp3) is 0.0667. The molecule has 0 aliphatic rings. The lowest BCUT2D eigenvalue weighted by atomic mass is 10.3. The summed E-state index contributed by atoms with van der Waals surface area (Å²) < 4.78 is 0. The van der Waals surface area contributed by atoms with E-state index in [1.54, 1.807) is 36.9 Å². The second-order valence-electron chi connectivity index (χ2n) is 4.12. The van der Waals surface area contributed by atoms with Crippen molar-refractivity contribution >= 4 is 17.6 Å². The molecule has 114 valence electrons. The summed E-state index contributed by atoms with van der Waals surface area (Å²) in [5.41, 5.74) is 16.9. The first-order valence-corrected chi connectivity index (χ1v) is 6.45. The molecule has 0 aliphatic heterocycles. The van der Waals surface area contributed by atoms with Crippen molar-refractivity contribution in [1.29, 1.82) is 0 Å². The van der Waals surface area contributed by atoms with E-state index in [1.807, 2.05) is 31.2 Å². The number of hydrogen-bond acceptors (Lipinski definition) is 7. The van der Waals surface area contributed by atoms with Gasteiger partial charge in [0.25, 0.3) is 0 Å². The van der Waals surface area contributed by atoms with E-state index in [4.69, 9.17) is 17.2 Å². The smallest absolute Gasteiger partial charge is 0.219 e. The Bertz CT molecular complexity index is 590. The number of aromatic nitrogens is 4. The number of nitrogen functional groups attached to an aromatic ring is 3. The molecule has 7 heteroatoms. The summed E-state index contributed by atoms with van der Waals surface area (Å²) in [5.74, 6) is 1.48. The molecule has 3 aromatic rings. The van der Waals surface area contributed by atoms with E-state index in [0.717, 1.165) is 5.56 Å². The van der Waals surface area contributed by atoms with Gasteiger partial charge in [0.05, 0.1) is 0 Å². The molecule has 0 saturated heterocycles. The third-order valence-electron chi connectivity index (χ3n) is 2.21. The summed E-state index contributed by atoms with van der Waals surface area (Å²) in [6, 6.07) is 10.9. The van der Waals surface area contributed by atoms with Crippen LogP contribution < -0.4 is 17.2 Å². The predicted octanol–water partition coefficient (Wildman–Crippen LogP) is 1.69. The van der Waals surface area contributed by atoms with Crippen molar-refractivity contribution in [2.45, 2.75) is 6.92 Å². The molecule has 6 N–H and O–H groups in total. The molecule has 0 fully saturated rings. The van der Waals surface area contributed by atoms with E-state index < -0.39 is 0 Å². The molecule has 0 amide bonds. The van der Waals surface area contributed by atoms with Crippen LogP contribution in [0.25, 0.3) is 0 Å². The molecule has 3 rings (SSSR count). The quantitative estimate of drug-likeness (QED) is 0.575. The second-order valence-corrected chi connectivity index (χ2v) is 4.12. The Kier molecular flexibility index (Phi) is 7.38. The lowest BCUT2D eigenvalue weighted by molar-refractivity contribution is 1.19. The van der Waals surface area contributed by atoms with Gasteiger partial charge in [0.15, 0.2) is 0 Å². The number of nitrogens with zero attached hydrogens (tertiary/aromatic N) is 4. The minimum absolute atomic E-state index is 0.322. The highest BCUT2D eigenvalue weighted by Gasteiger charge is 1.82. The van der Waals surface area contributed by atoms with Crippen LogP contribution in [0.5, 0.6) is 0 Å². The van der Waals surface area contributed by atoms with E-state index in [2.05, 4.69) is 19.9 Å². The van der Waals surface area contributed by atoms with Crippen LogP contribution in [-0.2, 0) is 0 Å². The van der Waals surface area contributed by atoms with Gasteiger partial charge in [-0.1, -0.05) is 6.07 Å². The molecule has 7 nitrogen and oxygen atoms in total. The van der Waals surface area contributed by atoms with Crippen LogP contribution in [-0.4, -0.2) is 19.9 Å². The second kappa shape index (κ2) is 9.65. The van der Waals surface area contributed by atoms with Crippen molar-refractivity contribution in [3.8, 4) is 0 Å². The maximum absolute atomic E-state index is 5.35. The molecule has 22 heavy (non-hydrogen) atoms. The van der Waals surface area contributed by atoms with Crippen LogP contribution in [0.1, 0.15) is 5.56 Å². The van der Waals surface area contributed by atoms with Gasteiger partial charge in [0.2, 0.25) is 5.95 Å². The van der Waals surface area contributed by atoms with Gasteiger partial charge in [-0.15, -0.1) is 0 Å². The Morgan fingerprint density at radius 1 is 0.682 bits per heavy atom. The molecule has 3 aromatic heterocycles. The molecular formula is C15H19N7. The molecule has 0 spiro atoms. The van der Waals surface area contributed by atoms with Gasteiger partial charge in [-0.3, -0.25) is 0 Å². The average Bonchev–Trinajstić information content (AvgIpc) is 2.50. The number of pyridine rings is 2. The van der Waals surface area contributed by atoms with Crippen molar-refractivity contribution < 1.29 is 0 Å². The van der Waals surface area contributed by atoms with Crippen molar-refractivity contribution in [2.24, 2.45) is 0 Å². The highest BCUT2D eigenvalue weighted by Crippen LogP contribution is 1.98. The lowest BCUT2D eigenvalue weighted by Gasteiger charge is -1.90. The average molecular weight is 297 g/mol. The van der Waals surface area contributed by atoms with Gasteiger partial charge in [-0.25, -0.2) is 19.9 Å². The number of rotatable bonds is 0. The Morgan fingerprint density at radius 2 is 1.32 bits per heavy atom. The molecule has 0 saturated carbocycles. The lowest BCUT2D eigenvalue weighted by Crippen LogP contribution is -1.90. The van der Waals surface area contributed by atoms with Gasteiger partial charge in [0.1, 0.15) is 11.6 Å². The summed E-state index contributed by atoms with van der Waals surface area (Å²) in [7, 11) is 0. The van der Waals surface area contributed by atoms with Gasteiger partial charge >= 0.3 is 0 Å². The minimum atomic E-state index is 0.322. The van der Waals surface area contributed by atoms with Crippen LogP contribution in [0.3, 0.4) is 0 Å². The fourth-order valence-electron chi connectivity index (χ4n) is 1.25. The first-order chi connectivity index (χ1) is 10.6. The van der Waals surface area contributed by atoms with Crippen LogP contribution in [0.4, 0.5) is 17.6 Å². The van der Waals surface area contributed by atoms with E-state index >= 15 is 0 Å². The summed E-state index contributed by atoms with van der Waals surface area (Å²) in [4.78, 5) is 14.9. The van der Waals surface area contributed by atoms with Crippen LogP contribution in [0.2, 0.25) is 0 Å². The summed E-state index contributed by atoms with van der Waals surface area (Å²) in [6.07, 6.45) is 6.56. The molecule has 3 heterocycles. The fourth-order valence-corrected chi connectivity index (χ4v) is 1.25. The van der Waals surface area contributed by atoms with Gasteiger partial charge < -0.3 is 17.2 Å². The topological polar surface area (TPSA) is 130 Å². The van der Waals surface area contributed by atoms with E-state index in [1.165, 1.54) is 0 Å². The largest absolute Gasteiger partial charge is 0.384 e. The SMILES string of the molecule is Cc1ccnc(N)c1.Nc1ccccn1.Nc1ncccn1. The minimum Gasteiger partial charge on any atom is -0.384 e. The van der Waals surface area contributed by atoms with Crippen LogP contribution in [0.15, 0.2) is 61.2 Å². The molecular weight excluding hydrogens is 278 g/mol. The zero-order valence-corrected chi connectivity index (χ0v) is 12.3. The number of aryl methyl sites for hydroxylation is 1. The van der Waals surface area contributed by atoms with Crippen molar-refractivity contribution in [3.63, 3.8) is 0 Å². The molecule has 0 radical (unpaired) electrons. The van der Waals surface area contributed by atoms with Gasteiger partial charge in [0, 0.05) is 24.8 Å². The molecule has 0 bridgehead atoms. The number of anilines is 3. The Morgan fingerprint density at radius 3 is 1.64 bits per heavy atom. The Hall–Kier alpha value is -3.22. The maximum atomic E-state index is 5.35.